The number of pyridine rings is 1. The molecule has 0 spiro atoms. The maximum absolute atomic E-state index is 12.4. The maximum Gasteiger partial charge on any atom is 0.410 e. The van der Waals surface area contributed by atoms with Crippen LogP contribution in [-0.2, 0) is 4.74 Å². The van der Waals surface area contributed by atoms with Crippen LogP contribution in [0.3, 0.4) is 0 Å². The van der Waals surface area contributed by atoms with Gasteiger partial charge in [-0.25, -0.2) is 9.78 Å². The molecule has 28 heavy (non-hydrogen) atoms. The Morgan fingerprint density at radius 3 is 2.75 bits per heavy atom. The first-order chi connectivity index (χ1) is 13.1. The second-order valence-corrected chi connectivity index (χ2v) is 8.52. The summed E-state index contributed by atoms with van der Waals surface area (Å²) in [7, 11) is 0. The van der Waals surface area contributed by atoms with Crippen molar-refractivity contribution >= 4 is 23.1 Å². The third-order valence-electron chi connectivity index (χ3n) is 4.59. The summed E-state index contributed by atoms with van der Waals surface area (Å²) in [6.07, 6.45) is 3.21. The van der Waals surface area contributed by atoms with Crippen LogP contribution in [0.5, 0.6) is 0 Å². The lowest BCUT2D eigenvalue weighted by Crippen LogP contribution is -2.47. The molecule has 1 fully saturated rings. The molecule has 2 aromatic rings. The number of ether oxygens (including phenoxy) is 1. The molecule has 8 nitrogen and oxygen atoms in total. The lowest BCUT2D eigenvalue weighted by molar-refractivity contribution is 0.0206. The molecule has 3 heterocycles. The predicted octanol–water partition coefficient (Wildman–Crippen LogP) is 3.18. The number of amides is 1. The summed E-state index contributed by atoms with van der Waals surface area (Å²) in [5, 5.41) is 4.14. The second-order valence-electron chi connectivity index (χ2n) is 8.52. The summed E-state index contributed by atoms with van der Waals surface area (Å²) < 4.78 is 7.14. The fraction of sp³-hybridized carbons (Fsp3) is 0.600. The summed E-state index contributed by atoms with van der Waals surface area (Å²) in [6.45, 7) is 10.7. The van der Waals surface area contributed by atoms with Gasteiger partial charge in [-0.05, 0) is 53.5 Å². The minimum absolute atomic E-state index is 0.00343. The zero-order valence-corrected chi connectivity index (χ0v) is 17.2. The predicted molar refractivity (Wildman–Crippen MR) is 109 cm³/mol. The molecular formula is C20H29N5O3. The van der Waals surface area contributed by atoms with E-state index >= 15 is 0 Å². The third-order valence-corrected chi connectivity index (χ3v) is 4.59. The van der Waals surface area contributed by atoms with E-state index in [-0.39, 0.29) is 23.7 Å². The number of fused-ring (bicyclic) bond motifs is 1. The first kappa shape index (κ1) is 20.1. The minimum atomic E-state index is -0.514. The molecule has 0 unspecified atom stereocenters. The molecule has 0 aliphatic carbocycles. The van der Waals surface area contributed by atoms with Crippen LogP contribution in [0.2, 0.25) is 0 Å². The van der Waals surface area contributed by atoms with Crippen molar-refractivity contribution in [3.63, 3.8) is 0 Å². The lowest BCUT2D eigenvalue weighted by atomic mass is 10.1. The Bertz CT molecular complexity index is 916. The monoisotopic (exact) mass is 387 g/mol. The molecule has 3 rings (SSSR count). The number of nitrogens with zero attached hydrogens (tertiary/aromatic N) is 4. The van der Waals surface area contributed by atoms with Crippen LogP contribution in [-0.4, -0.2) is 50.3 Å². The van der Waals surface area contributed by atoms with Gasteiger partial charge in [0.05, 0.1) is 0 Å². The number of likely N-dealkylation sites (tertiary alicyclic amines) is 1. The van der Waals surface area contributed by atoms with E-state index in [2.05, 4.69) is 15.3 Å². The Labute approximate surface area is 164 Å². The Morgan fingerprint density at radius 1 is 1.32 bits per heavy atom. The lowest BCUT2D eigenvalue weighted by Gasteiger charge is -2.34. The number of nitrogens with one attached hydrogen (secondary N) is 1. The van der Waals surface area contributed by atoms with Crippen LogP contribution < -0.4 is 10.9 Å². The average Bonchev–Trinajstić information content (AvgIpc) is 2.60. The van der Waals surface area contributed by atoms with Gasteiger partial charge in [0.15, 0.2) is 0 Å². The molecule has 8 heteroatoms. The van der Waals surface area contributed by atoms with Gasteiger partial charge in [0.1, 0.15) is 11.2 Å². The van der Waals surface area contributed by atoms with Crippen molar-refractivity contribution in [2.75, 3.05) is 18.4 Å². The highest BCUT2D eigenvalue weighted by Crippen LogP contribution is 2.19. The van der Waals surface area contributed by atoms with Crippen LogP contribution in [0, 0.1) is 0 Å². The largest absolute Gasteiger partial charge is 0.444 e. The van der Waals surface area contributed by atoms with E-state index in [0.717, 1.165) is 18.2 Å². The van der Waals surface area contributed by atoms with Crippen LogP contribution in [0.25, 0.3) is 11.0 Å². The summed E-state index contributed by atoms with van der Waals surface area (Å²) >= 11 is 0. The quantitative estimate of drug-likeness (QED) is 0.870. The van der Waals surface area contributed by atoms with Crippen molar-refractivity contribution in [2.45, 2.75) is 65.1 Å². The van der Waals surface area contributed by atoms with Gasteiger partial charge in [-0.1, -0.05) is 0 Å². The van der Waals surface area contributed by atoms with E-state index in [0.29, 0.717) is 24.7 Å². The highest BCUT2D eigenvalue weighted by molar-refractivity contribution is 5.75. The van der Waals surface area contributed by atoms with Crippen molar-refractivity contribution in [3.8, 4) is 0 Å². The molecule has 1 aliphatic heterocycles. The topological polar surface area (TPSA) is 89.4 Å². The first-order valence-electron chi connectivity index (χ1n) is 9.77. The standard InChI is InChI=1S/C20H29N5O3/c1-13(2)25-16(26)9-8-14-11-21-18(23-17(14)25)22-15-7-6-10-24(12-15)19(27)28-20(3,4)5/h8-9,11,13,15H,6-7,10,12H2,1-5H3,(H,21,22,23)/t15-/m0/s1. The van der Waals surface area contributed by atoms with Gasteiger partial charge in [0.2, 0.25) is 5.95 Å². The van der Waals surface area contributed by atoms with Gasteiger partial charge in [-0.3, -0.25) is 9.36 Å². The number of carbonyl (C=O) groups excluding carboxylic acids is 1. The highest BCUT2D eigenvalue weighted by Gasteiger charge is 2.28. The fourth-order valence-electron chi connectivity index (χ4n) is 3.38. The SMILES string of the molecule is CC(C)n1c(=O)ccc2cnc(N[C@H]3CCCN(C(=O)OC(C)(C)C)C3)nc21. The number of hydrogen-bond donors (Lipinski definition) is 1. The van der Waals surface area contributed by atoms with Crippen LogP contribution >= 0.6 is 0 Å². The summed E-state index contributed by atoms with van der Waals surface area (Å²) in [6, 6.07) is 3.31. The van der Waals surface area contributed by atoms with E-state index in [4.69, 9.17) is 4.74 Å². The smallest absolute Gasteiger partial charge is 0.410 e. The maximum atomic E-state index is 12.4. The number of anilines is 1. The Kier molecular flexibility index (Phi) is 5.58. The first-order valence-corrected chi connectivity index (χ1v) is 9.77. The second kappa shape index (κ2) is 7.77. The Balaban J connectivity index is 1.78. The highest BCUT2D eigenvalue weighted by atomic mass is 16.6. The molecule has 1 amide bonds. The molecule has 0 bridgehead atoms. The number of aromatic nitrogens is 3. The molecule has 0 aromatic carbocycles. The molecule has 0 radical (unpaired) electrons. The number of piperidine rings is 1. The summed E-state index contributed by atoms with van der Waals surface area (Å²) in [4.78, 5) is 35.3. The molecule has 152 valence electrons. The van der Waals surface area contributed by atoms with Crippen LogP contribution in [0.1, 0.15) is 53.5 Å². The molecular weight excluding hydrogens is 358 g/mol. The molecule has 2 aromatic heterocycles. The van der Waals surface area contributed by atoms with Gasteiger partial charge in [0, 0.05) is 42.8 Å². The van der Waals surface area contributed by atoms with Crippen LogP contribution in [0.4, 0.5) is 10.7 Å². The average molecular weight is 387 g/mol. The van der Waals surface area contributed by atoms with Gasteiger partial charge in [-0.2, -0.15) is 4.98 Å². The summed E-state index contributed by atoms with van der Waals surface area (Å²) in [5.74, 6) is 0.462. The third kappa shape index (κ3) is 4.61. The van der Waals surface area contributed by atoms with E-state index in [1.54, 1.807) is 27.8 Å². The van der Waals surface area contributed by atoms with Gasteiger partial charge in [-0.15, -0.1) is 0 Å². The van der Waals surface area contributed by atoms with E-state index in [9.17, 15) is 9.59 Å². The van der Waals surface area contributed by atoms with Crippen molar-refractivity contribution in [3.05, 3.63) is 28.7 Å². The molecule has 1 saturated heterocycles. The fourth-order valence-corrected chi connectivity index (χ4v) is 3.38. The zero-order valence-electron chi connectivity index (χ0n) is 17.2. The van der Waals surface area contributed by atoms with Crippen molar-refractivity contribution in [1.29, 1.82) is 0 Å². The van der Waals surface area contributed by atoms with E-state index in [1.165, 1.54) is 0 Å². The summed E-state index contributed by atoms with van der Waals surface area (Å²) in [5.41, 5.74) is 0.0140. The zero-order chi connectivity index (χ0) is 20.5. The van der Waals surface area contributed by atoms with Gasteiger partial charge >= 0.3 is 6.09 Å². The van der Waals surface area contributed by atoms with Gasteiger partial charge in [0.25, 0.3) is 5.56 Å². The Morgan fingerprint density at radius 2 is 2.07 bits per heavy atom. The van der Waals surface area contributed by atoms with Crippen molar-refractivity contribution in [1.82, 2.24) is 19.4 Å². The normalized spacial score (nSPS) is 17.8. The van der Waals surface area contributed by atoms with E-state index in [1.807, 2.05) is 34.6 Å². The number of hydrogen-bond acceptors (Lipinski definition) is 6. The number of rotatable bonds is 3. The minimum Gasteiger partial charge on any atom is -0.444 e. The number of carbonyl (C=O) groups is 1. The Hall–Kier alpha value is -2.64. The molecule has 0 saturated carbocycles. The molecule has 1 aliphatic rings. The van der Waals surface area contributed by atoms with Crippen molar-refractivity contribution in [2.24, 2.45) is 0 Å². The van der Waals surface area contributed by atoms with E-state index < -0.39 is 5.60 Å². The van der Waals surface area contributed by atoms with Gasteiger partial charge < -0.3 is 15.0 Å². The van der Waals surface area contributed by atoms with Crippen molar-refractivity contribution < 1.29 is 9.53 Å². The molecule has 1 N–H and O–H groups in total. The van der Waals surface area contributed by atoms with Crippen LogP contribution in [0.15, 0.2) is 23.1 Å². The molecule has 1 atom stereocenters.